The average molecular weight is 247 g/mol. The number of hydrogen-bond acceptors (Lipinski definition) is 2. The van der Waals surface area contributed by atoms with Crippen molar-refractivity contribution in [2.75, 3.05) is 13.2 Å². The maximum atomic E-state index is 5.50. The standard InChI is InChI=1S/C16H25NO/c1-13(2)18-11-3-10-17-12-14-4-6-15(7-5-14)16-8-9-16/h4-7,13,16-17H,3,8-12H2,1-2H3. The summed E-state index contributed by atoms with van der Waals surface area (Å²) in [5.74, 6) is 0.861. The summed E-state index contributed by atoms with van der Waals surface area (Å²) in [5.41, 5.74) is 2.90. The highest BCUT2D eigenvalue weighted by Gasteiger charge is 2.22. The van der Waals surface area contributed by atoms with Crippen LogP contribution in [0.1, 0.15) is 50.2 Å². The van der Waals surface area contributed by atoms with Gasteiger partial charge in [0, 0.05) is 13.2 Å². The normalized spacial score (nSPS) is 15.3. The van der Waals surface area contributed by atoms with Gasteiger partial charge in [0.25, 0.3) is 0 Å². The Morgan fingerprint density at radius 2 is 1.94 bits per heavy atom. The first-order valence-electron chi connectivity index (χ1n) is 7.17. The molecule has 0 amide bonds. The lowest BCUT2D eigenvalue weighted by atomic mass is 10.1. The Balaban J connectivity index is 1.58. The second-order valence-corrected chi connectivity index (χ2v) is 5.47. The summed E-state index contributed by atoms with van der Waals surface area (Å²) in [4.78, 5) is 0. The topological polar surface area (TPSA) is 21.3 Å². The highest BCUT2D eigenvalue weighted by Crippen LogP contribution is 2.39. The average Bonchev–Trinajstić information content (AvgIpc) is 3.18. The maximum absolute atomic E-state index is 5.50. The number of nitrogens with one attached hydrogen (secondary N) is 1. The van der Waals surface area contributed by atoms with Crippen LogP contribution in [-0.4, -0.2) is 19.3 Å². The van der Waals surface area contributed by atoms with Gasteiger partial charge in [-0.25, -0.2) is 0 Å². The van der Waals surface area contributed by atoms with E-state index in [0.29, 0.717) is 6.10 Å². The van der Waals surface area contributed by atoms with Crippen molar-refractivity contribution in [2.24, 2.45) is 0 Å². The van der Waals surface area contributed by atoms with Gasteiger partial charge in [-0.05, 0) is 56.7 Å². The van der Waals surface area contributed by atoms with Crippen molar-refractivity contribution in [3.8, 4) is 0 Å². The SMILES string of the molecule is CC(C)OCCCNCc1ccc(C2CC2)cc1. The van der Waals surface area contributed by atoms with Crippen molar-refractivity contribution >= 4 is 0 Å². The summed E-state index contributed by atoms with van der Waals surface area (Å²) in [7, 11) is 0. The first-order valence-corrected chi connectivity index (χ1v) is 7.17. The van der Waals surface area contributed by atoms with Crippen molar-refractivity contribution in [3.05, 3.63) is 35.4 Å². The van der Waals surface area contributed by atoms with E-state index in [-0.39, 0.29) is 0 Å². The van der Waals surface area contributed by atoms with Crippen LogP contribution in [0.5, 0.6) is 0 Å². The fraction of sp³-hybridized carbons (Fsp3) is 0.625. The molecule has 0 spiro atoms. The van der Waals surface area contributed by atoms with Gasteiger partial charge in [-0.3, -0.25) is 0 Å². The van der Waals surface area contributed by atoms with E-state index in [2.05, 4.69) is 43.4 Å². The molecule has 18 heavy (non-hydrogen) atoms. The van der Waals surface area contributed by atoms with Crippen LogP contribution in [0.2, 0.25) is 0 Å². The summed E-state index contributed by atoms with van der Waals surface area (Å²) < 4.78 is 5.50. The second kappa shape index (κ2) is 6.91. The minimum Gasteiger partial charge on any atom is -0.379 e. The van der Waals surface area contributed by atoms with Gasteiger partial charge >= 0.3 is 0 Å². The van der Waals surface area contributed by atoms with Crippen LogP contribution in [0.4, 0.5) is 0 Å². The molecule has 2 rings (SSSR count). The second-order valence-electron chi connectivity index (χ2n) is 5.47. The number of rotatable bonds is 8. The molecule has 2 nitrogen and oxygen atoms in total. The molecule has 0 heterocycles. The molecule has 0 unspecified atom stereocenters. The summed E-state index contributed by atoms with van der Waals surface area (Å²) in [6, 6.07) is 9.09. The molecule has 1 aliphatic rings. The molecule has 0 aliphatic heterocycles. The van der Waals surface area contributed by atoms with E-state index in [1.165, 1.54) is 24.0 Å². The highest BCUT2D eigenvalue weighted by atomic mass is 16.5. The molecule has 0 radical (unpaired) electrons. The molecule has 0 aromatic heterocycles. The highest BCUT2D eigenvalue weighted by molar-refractivity contribution is 5.27. The van der Waals surface area contributed by atoms with E-state index in [0.717, 1.165) is 32.0 Å². The number of ether oxygens (including phenoxy) is 1. The summed E-state index contributed by atoms with van der Waals surface area (Å²) in [5, 5.41) is 3.46. The third kappa shape index (κ3) is 4.79. The van der Waals surface area contributed by atoms with E-state index >= 15 is 0 Å². The third-order valence-corrected chi connectivity index (χ3v) is 3.31. The molecule has 1 fully saturated rings. The zero-order valence-electron chi connectivity index (χ0n) is 11.6. The van der Waals surface area contributed by atoms with Gasteiger partial charge in [0.1, 0.15) is 0 Å². The van der Waals surface area contributed by atoms with Crippen LogP contribution in [-0.2, 0) is 11.3 Å². The fourth-order valence-corrected chi connectivity index (χ4v) is 2.07. The first kappa shape index (κ1) is 13.6. The lowest BCUT2D eigenvalue weighted by Gasteiger charge is -2.08. The van der Waals surface area contributed by atoms with E-state index < -0.39 is 0 Å². The largest absolute Gasteiger partial charge is 0.379 e. The predicted molar refractivity (Wildman–Crippen MR) is 75.8 cm³/mol. The first-order chi connectivity index (χ1) is 8.75. The van der Waals surface area contributed by atoms with Gasteiger partial charge in [0.2, 0.25) is 0 Å². The molecule has 0 atom stereocenters. The minimum atomic E-state index is 0.347. The van der Waals surface area contributed by atoms with Crippen LogP contribution in [0.25, 0.3) is 0 Å². The molecule has 1 aromatic rings. The predicted octanol–water partition coefficient (Wildman–Crippen LogP) is 3.47. The van der Waals surface area contributed by atoms with Crippen LogP contribution in [0, 0.1) is 0 Å². The van der Waals surface area contributed by atoms with Gasteiger partial charge < -0.3 is 10.1 Å². The van der Waals surface area contributed by atoms with E-state index in [4.69, 9.17) is 4.74 Å². The number of hydrogen-bond donors (Lipinski definition) is 1. The molecule has 2 heteroatoms. The van der Waals surface area contributed by atoms with Gasteiger partial charge in [0.05, 0.1) is 6.10 Å². The lowest BCUT2D eigenvalue weighted by molar-refractivity contribution is 0.0770. The number of benzene rings is 1. The molecule has 0 saturated heterocycles. The van der Waals surface area contributed by atoms with Gasteiger partial charge in [-0.2, -0.15) is 0 Å². The van der Waals surface area contributed by atoms with Crippen LogP contribution in [0.3, 0.4) is 0 Å². The Bertz CT molecular complexity index is 341. The van der Waals surface area contributed by atoms with Crippen LogP contribution < -0.4 is 5.32 Å². The molecule has 1 saturated carbocycles. The molecule has 0 bridgehead atoms. The molecular formula is C16H25NO. The van der Waals surface area contributed by atoms with E-state index in [1.54, 1.807) is 0 Å². The van der Waals surface area contributed by atoms with Crippen LogP contribution in [0.15, 0.2) is 24.3 Å². The smallest absolute Gasteiger partial charge is 0.0518 e. The Labute approximate surface area is 111 Å². The Morgan fingerprint density at radius 3 is 2.56 bits per heavy atom. The zero-order chi connectivity index (χ0) is 12.8. The van der Waals surface area contributed by atoms with Crippen molar-refractivity contribution in [1.82, 2.24) is 5.32 Å². The van der Waals surface area contributed by atoms with Crippen molar-refractivity contribution < 1.29 is 4.74 Å². The van der Waals surface area contributed by atoms with E-state index in [9.17, 15) is 0 Å². The van der Waals surface area contributed by atoms with Crippen LogP contribution >= 0.6 is 0 Å². The van der Waals surface area contributed by atoms with Gasteiger partial charge in [-0.15, -0.1) is 0 Å². The minimum absolute atomic E-state index is 0.347. The lowest BCUT2D eigenvalue weighted by Crippen LogP contribution is -2.17. The molecular weight excluding hydrogens is 222 g/mol. The Morgan fingerprint density at radius 1 is 1.22 bits per heavy atom. The summed E-state index contributed by atoms with van der Waals surface area (Å²) in [6.07, 6.45) is 4.19. The zero-order valence-corrected chi connectivity index (χ0v) is 11.6. The summed E-state index contributed by atoms with van der Waals surface area (Å²) >= 11 is 0. The van der Waals surface area contributed by atoms with Gasteiger partial charge in [-0.1, -0.05) is 24.3 Å². The maximum Gasteiger partial charge on any atom is 0.0518 e. The van der Waals surface area contributed by atoms with Crippen molar-refractivity contribution in [2.45, 2.75) is 51.7 Å². The van der Waals surface area contributed by atoms with Crippen molar-refractivity contribution in [1.29, 1.82) is 0 Å². The Hall–Kier alpha value is -0.860. The fourth-order valence-electron chi connectivity index (χ4n) is 2.07. The quantitative estimate of drug-likeness (QED) is 0.710. The monoisotopic (exact) mass is 247 g/mol. The van der Waals surface area contributed by atoms with Gasteiger partial charge in [0.15, 0.2) is 0 Å². The Kier molecular flexibility index (Phi) is 5.21. The summed E-state index contributed by atoms with van der Waals surface area (Å²) in [6.45, 7) is 7.00. The van der Waals surface area contributed by atoms with E-state index in [1.807, 2.05) is 0 Å². The molecule has 1 aliphatic carbocycles. The molecule has 100 valence electrons. The van der Waals surface area contributed by atoms with Crippen molar-refractivity contribution in [3.63, 3.8) is 0 Å². The third-order valence-electron chi connectivity index (χ3n) is 3.31. The molecule has 1 aromatic carbocycles. The molecule has 1 N–H and O–H groups in total.